The van der Waals surface area contributed by atoms with Crippen LogP contribution in [-0.4, -0.2) is 48.1 Å². The molecule has 0 aromatic rings. The van der Waals surface area contributed by atoms with Gasteiger partial charge in [0, 0.05) is 11.5 Å². The van der Waals surface area contributed by atoms with E-state index in [1.807, 2.05) is 34.6 Å². The van der Waals surface area contributed by atoms with Gasteiger partial charge in [-0.15, -0.1) is 0 Å². The first-order valence-corrected chi connectivity index (χ1v) is 7.84. The van der Waals surface area contributed by atoms with Gasteiger partial charge in [-0.05, 0) is 34.6 Å². The lowest BCUT2D eigenvalue weighted by Crippen LogP contribution is -2.47. The van der Waals surface area contributed by atoms with Crippen molar-refractivity contribution >= 4 is 28.7 Å². The number of carbonyl (C=O) groups is 1. The van der Waals surface area contributed by atoms with E-state index >= 15 is 0 Å². The van der Waals surface area contributed by atoms with Crippen LogP contribution in [0.15, 0.2) is 0 Å². The van der Waals surface area contributed by atoms with Gasteiger partial charge in [-0.3, -0.25) is 0 Å². The molecule has 0 bridgehead atoms. The number of methoxy groups -OCH3 is 1. The highest BCUT2D eigenvalue weighted by atomic mass is 127. The van der Waals surface area contributed by atoms with Crippen molar-refractivity contribution in [1.82, 2.24) is 5.32 Å². The van der Waals surface area contributed by atoms with Gasteiger partial charge >= 0.3 is 6.09 Å². The number of alkyl halides is 1. The topological polar surface area (TPSA) is 56.8 Å². The second-order valence-corrected chi connectivity index (χ2v) is 6.59. The SMILES string of the molecule is COCC(C)OC(C)(CI)CNC(=O)OC(C)(C)C. The lowest BCUT2D eigenvalue weighted by molar-refractivity contribution is -0.0819. The van der Waals surface area contributed by atoms with E-state index in [1.165, 1.54) is 0 Å². The van der Waals surface area contributed by atoms with Gasteiger partial charge in [-0.2, -0.15) is 0 Å². The molecule has 2 atom stereocenters. The summed E-state index contributed by atoms with van der Waals surface area (Å²) in [6.07, 6.45) is -0.447. The predicted octanol–water partition coefficient (Wildman–Crippen LogP) is 2.76. The highest BCUT2D eigenvalue weighted by Crippen LogP contribution is 2.16. The third-order valence-electron chi connectivity index (χ3n) is 2.18. The van der Waals surface area contributed by atoms with E-state index in [0.29, 0.717) is 13.2 Å². The molecular weight excluding hydrogens is 361 g/mol. The Morgan fingerprint density at radius 2 is 1.89 bits per heavy atom. The number of amides is 1. The minimum absolute atomic E-state index is 0.0230. The minimum Gasteiger partial charge on any atom is -0.444 e. The molecular formula is C13H26INO4. The van der Waals surface area contributed by atoms with Crippen LogP contribution >= 0.6 is 22.6 Å². The number of ether oxygens (including phenoxy) is 3. The first-order valence-electron chi connectivity index (χ1n) is 6.31. The summed E-state index contributed by atoms with van der Waals surface area (Å²) in [6, 6.07) is 0. The van der Waals surface area contributed by atoms with Crippen LogP contribution in [0.3, 0.4) is 0 Å². The molecule has 0 radical (unpaired) electrons. The monoisotopic (exact) mass is 387 g/mol. The molecule has 0 saturated carbocycles. The maximum absolute atomic E-state index is 11.6. The first kappa shape index (κ1) is 18.9. The fraction of sp³-hybridized carbons (Fsp3) is 0.923. The molecule has 6 heteroatoms. The fourth-order valence-electron chi connectivity index (χ4n) is 1.45. The lowest BCUT2D eigenvalue weighted by Gasteiger charge is -2.31. The van der Waals surface area contributed by atoms with E-state index in [0.717, 1.165) is 4.43 Å². The second-order valence-electron chi connectivity index (χ2n) is 5.82. The molecule has 0 aliphatic heterocycles. The molecule has 5 nitrogen and oxygen atoms in total. The van der Waals surface area contributed by atoms with E-state index in [4.69, 9.17) is 14.2 Å². The lowest BCUT2D eigenvalue weighted by atomic mass is 10.1. The van der Waals surface area contributed by atoms with Crippen molar-refractivity contribution in [2.24, 2.45) is 0 Å². The van der Waals surface area contributed by atoms with Crippen LogP contribution in [0.25, 0.3) is 0 Å². The number of halogens is 1. The average Bonchev–Trinajstić information content (AvgIpc) is 2.24. The Kier molecular flexibility index (Phi) is 8.23. The molecule has 0 aromatic heterocycles. The number of nitrogens with one attached hydrogen (secondary N) is 1. The fourth-order valence-corrected chi connectivity index (χ4v) is 1.90. The quantitative estimate of drug-likeness (QED) is 0.539. The Bertz CT molecular complexity index is 280. The standard InChI is InChI=1S/C13H26INO4/c1-10(7-17-6)18-13(5,8-14)9-15-11(16)19-12(2,3)4/h10H,7-9H2,1-6H3,(H,15,16). The maximum atomic E-state index is 11.6. The second kappa shape index (κ2) is 8.26. The number of rotatable bonds is 7. The van der Waals surface area contributed by atoms with Gasteiger partial charge in [0.25, 0.3) is 0 Å². The zero-order valence-electron chi connectivity index (χ0n) is 12.7. The van der Waals surface area contributed by atoms with Crippen LogP contribution in [0.1, 0.15) is 34.6 Å². The molecule has 114 valence electrons. The third kappa shape index (κ3) is 9.45. The summed E-state index contributed by atoms with van der Waals surface area (Å²) in [7, 11) is 1.64. The van der Waals surface area contributed by atoms with Crippen molar-refractivity contribution < 1.29 is 19.0 Å². The molecule has 0 aliphatic carbocycles. The Morgan fingerprint density at radius 3 is 2.32 bits per heavy atom. The highest BCUT2D eigenvalue weighted by Gasteiger charge is 2.28. The van der Waals surface area contributed by atoms with Gasteiger partial charge in [-0.1, -0.05) is 22.6 Å². The first-order chi connectivity index (χ1) is 8.62. The molecule has 0 fully saturated rings. The van der Waals surface area contributed by atoms with Crippen LogP contribution in [-0.2, 0) is 14.2 Å². The number of hydrogen-bond donors (Lipinski definition) is 1. The van der Waals surface area contributed by atoms with Crippen molar-refractivity contribution in [3.8, 4) is 0 Å². The summed E-state index contributed by atoms with van der Waals surface area (Å²) in [5, 5.41) is 2.75. The Morgan fingerprint density at radius 1 is 1.32 bits per heavy atom. The molecule has 0 spiro atoms. The average molecular weight is 387 g/mol. The number of alkyl carbamates (subject to hydrolysis) is 1. The Labute approximate surface area is 129 Å². The molecule has 0 heterocycles. The molecule has 1 amide bonds. The van der Waals surface area contributed by atoms with Crippen LogP contribution in [0.2, 0.25) is 0 Å². The smallest absolute Gasteiger partial charge is 0.407 e. The number of hydrogen-bond acceptors (Lipinski definition) is 4. The molecule has 0 saturated heterocycles. The highest BCUT2D eigenvalue weighted by molar-refractivity contribution is 14.1. The summed E-state index contributed by atoms with van der Waals surface area (Å²) in [5.74, 6) is 0. The normalized spacial score (nSPS) is 16.6. The van der Waals surface area contributed by atoms with Crippen LogP contribution in [0.5, 0.6) is 0 Å². The summed E-state index contributed by atoms with van der Waals surface area (Å²) < 4.78 is 16.9. The molecule has 0 rings (SSSR count). The summed E-state index contributed by atoms with van der Waals surface area (Å²) in [6.45, 7) is 10.3. The minimum atomic E-state index is -0.491. The third-order valence-corrected chi connectivity index (χ3v) is 3.79. The number of carbonyl (C=O) groups excluding carboxylic acids is 1. The van der Waals surface area contributed by atoms with Gasteiger partial charge in [0.1, 0.15) is 5.60 Å². The van der Waals surface area contributed by atoms with E-state index < -0.39 is 17.3 Å². The van der Waals surface area contributed by atoms with Crippen molar-refractivity contribution in [3.05, 3.63) is 0 Å². The van der Waals surface area contributed by atoms with Gasteiger partial charge in [-0.25, -0.2) is 4.79 Å². The van der Waals surface area contributed by atoms with E-state index in [1.54, 1.807) is 7.11 Å². The van der Waals surface area contributed by atoms with Crippen molar-refractivity contribution in [2.75, 3.05) is 24.7 Å². The van der Waals surface area contributed by atoms with E-state index in [9.17, 15) is 4.79 Å². The molecule has 0 aromatic carbocycles. The summed E-state index contributed by atoms with van der Waals surface area (Å²) in [5.41, 5.74) is -0.926. The van der Waals surface area contributed by atoms with Crippen molar-refractivity contribution in [1.29, 1.82) is 0 Å². The molecule has 2 unspecified atom stereocenters. The van der Waals surface area contributed by atoms with Gasteiger partial charge in [0.15, 0.2) is 0 Å². The molecule has 0 aliphatic rings. The van der Waals surface area contributed by atoms with Crippen LogP contribution < -0.4 is 5.32 Å². The summed E-state index contributed by atoms with van der Waals surface area (Å²) >= 11 is 2.25. The van der Waals surface area contributed by atoms with E-state index in [2.05, 4.69) is 27.9 Å². The Hall–Kier alpha value is -0.0800. The zero-order valence-corrected chi connectivity index (χ0v) is 14.9. The maximum Gasteiger partial charge on any atom is 0.407 e. The molecule has 19 heavy (non-hydrogen) atoms. The van der Waals surface area contributed by atoms with Crippen molar-refractivity contribution in [3.63, 3.8) is 0 Å². The van der Waals surface area contributed by atoms with Gasteiger partial charge in [0.05, 0.1) is 24.9 Å². The predicted molar refractivity (Wildman–Crippen MR) is 84.0 cm³/mol. The zero-order chi connectivity index (χ0) is 15.1. The Balaban J connectivity index is 4.27. The summed E-state index contributed by atoms with van der Waals surface area (Å²) in [4.78, 5) is 11.6. The van der Waals surface area contributed by atoms with Gasteiger partial charge in [0.2, 0.25) is 0 Å². The molecule has 1 N–H and O–H groups in total. The van der Waals surface area contributed by atoms with Gasteiger partial charge < -0.3 is 19.5 Å². The van der Waals surface area contributed by atoms with Crippen LogP contribution in [0.4, 0.5) is 4.79 Å². The van der Waals surface area contributed by atoms with Crippen LogP contribution in [0, 0.1) is 0 Å². The largest absolute Gasteiger partial charge is 0.444 e. The van der Waals surface area contributed by atoms with E-state index in [-0.39, 0.29) is 6.10 Å². The van der Waals surface area contributed by atoms with Crippen molar-refractivity contribution in [2.45, 2.75) is 51.9 Å².